The smallest absolute Gasteiger partial charge is 0.00995 e. The van der Waals surface area contributed by atoms with Crippen LogP contribution in [-0.2, 0) is 28.8 Å². The molecule has 8 rings (SSSR count). The van der Waals surface area contributed by atoms with Crippen LogP contribution in [0.3, 0.4) is 0 Å². The number of rotatable bonds is 3. The molecule has 8 aromatic carbocycles. The molecule has 0 aliphatic carbocycles. The molecule has 8 aromatic rings. The fourth-order valence-corrected chi connectivity index (χ4v) is 7.09. The first-order chi connectivity index (χ1) is 24.3. The van der Waals surface area contributed by atoms with Gasteiger partial charge in [-0.25, -0.2) is 0 Å². The van der Waals surface area contributed by atoms with E-state index in [4.69, 9.17) is 0 Å². The number of benzene rings is 6. The molecule has 0 saturated heterocycles. The van der Waals surface area contributed by atoms with E-state index in [1.807, 2.05) is 0 Å². The molecule has 270 valence electrons. The molecule has 0 aliphatic heterocycles. The van der Waals surface area contributed by atoms with Crippen LogP contribution in [0.5, 0.6) is 0 Å². The van der Waals surface area contributed by atoms with Gasteiger partial charge in [0.25, 0.3) is 0 Å². The Hall–Kier alpha value is -3.26. The van der Waals surface area contributed by atoms with Crippen LogP contribution in [0.4, 0.5) is 0 Å². The number of fused-ring (bicyclic) bond motifs is 5. The van der Waals surface area contributed by atoms with Crippen LogP contribution in [0.1, 0.15) is 62.8 Å². The van der Waals surface area contributed by atoms with Crippen molar-refractivity contribution in [1.82, 2.24) is 0 Å². The van der Waals surface area contributed by atoms with Gasteiger partial charge in [0.2, 0.25) is 0 Å². The third-order valence-electron chi connectivity index (χ3n) is 9.83. The third kappa shape index (κ3) is 9.52. The molecule has 53 heavy (non-hydrogen) atoms. The van der Waals surface area contributed by atoms with E-state index in [9.17, 15) is 0 Å². The van der Waals surface area contributed by atoms with Crippen molar-refractivity contribution in [2.45, 2.75) is 72.9 Å². The molecule has 0 unspecified atom stereocenters. The quantitative estimate of drug-likeness (QED) is 0.0952. The van der Waals surface area contributed by atoms with Gasteiger partial charge in [0, 0.05) is 0 Å². The van der Waals surface area contributed by atoms with Crippen LogP contribution in [-0.4, -0.2) is 5.43 Å². The first-order valence-corrected chi connectivity index (χ1v) is 24.4. The van der Waals surface area contributed by atoms with Crippen molar-refractivity contribution < 1.29 is 48.1 Å². The van der Waals surface area contributed by atoms with Crippen LogP contribution >= 0.6 is 0 Å². The zero-order valence-electron chi connectivity index (χ0n) is 32.5. The van der Waals surface area contributed by atoms with Gasteiger partial charge in [-0.3, -0.25) is 0 Å². The molecule has 0 atom stereocenters. The Labute approximate surface area is 345 Å². The zero-order valence-corrected chi connectivity index (χ0v) is 37.5. The summed E-state index contributed by atoms with van der Waals surface area (Å²) in [4.78, 5) is 0. The standard InChI is InChI=1S/C25H19.C22H25.C2H6Si.2ClH.Zr/c1-16-14-24-17(2)10-12-23(25(24)15-16)21-9-5-8-20-19-7-4-3-6-18(19)11-13-22(20)21;1-15(2)18-13-17-7-6-8-20(21(17)14-18)16-9-11-19(12-10-16)22(3,4)5;1-3-2;;;/h3-15H,1-2H3;6-15H,1-5H3;1-2H3;2*1H;/q2*-1;;;;+2/p-2. The van der Waals surface area contributed by atoms with E-state index >= 15 is 0 Å². The molecule has 0 saturated carbocycles. The first kappa shape index (κ1) is 42.5. The minimum atomic E-state index is 0. The van der Waals surface area contributed by atoms with E-state index in [1.165, 1.54) is 87.6 Å². The molecule has 0 fully saturated rings. The fraction of sp³-hybridized carbons (Fsp3) is 0.224. The molecule has 0 nitrogen and oxygen atoms in total. The van der Waals surface area contributed by atoms with Gasteiger partial charge in [0.1, 0.15) is 0 Å². The van der Waals surface area contributed by atoms with Crippen LogP contribution in [0.25, 0.3) is 65.3 Å². The number of halogens is 2. The van der Waals surface area contributed by atoms with Gasteiger partial charge in [-0.15, -0.1) is 68.6 Å². The third-order valence-corrected chi connectivity index (χ3v) is 9.83. The van der Waals surface area contributed by atoms with Crippen LogP contribution in [0.2, 0.25) is 13.1 Å². The minimum absolute atomic E-state index is 0. The summed E-state index contributed by atoms with van der Waals surface area (Å²) in [5.74, 6) is 0.573. The number of hydrogen-bond donors (Lipinski definition) is 0. The summed E-state index contributed by atoms with van der Waals surface area (Å²) >= 11 is 1.74. The molecule has 0 spiro atoms. The summed E-state index contributed by atoms with van der Waals surface area (Å²) in [7, 11) is 0. The first-order valence-electron chi connectivity index (χ1n) is 18.2. The van der Waals surface area contributed by atoms with Gasteiger partial charge in [-0.1, -0.05) is 151 Å². The molecular formula is C49H50Cl2SiZr-2. The Kier molecular flexibility index (Phi) is 14.4. The summed E-state index contributed by atoms with van der Waals surface area (Å²) in [5.41, 5.74) is 11.2. The molecule has 0 heterocycles. The van der Waals surface area contributed by atoms with Crippen molar-refractivity contribution in [1.29, 1.82) is 0 Å². The predicted octanol–water partition coefficient (Wildman–Crippen LogP) is 8.59. The minimum Gasteiger partial charge on any atom is -1.00 e. The summed E-state index contributed by atoms with van der Waals surface area (Å²) in [6, 6.07) is 49.3. The van der Waals surface area contributed by atoms with Crippen molar-refractivity contribution in [2.24, 2.45) is 0 Å². The Morgan fingerprint density at radius 2 is 1.21 bits per heavy atom. The second-order valence-electron chi connectivity index (χ2n) is 15.6. The SMILES string of the molecule is CC(C)c1cc2c(-c3ccc(C(C)(C)C)cc3)cccc2[cH-]1.C[Si](C)=[Zr+2].Cc1cc2c(-c3cccc4c3ccc3ccccc34)ccc(C)c2[cH-]1.[Cl-].[Cl-]. The maximum atomic E-state index is 2.35. The molecule has 0 aromatic heterocycles. The summed E-state index contributed by atoms with van der Waals surface area (Å²) in [5, 5.41) is 10.7. The second-order valence-corrected chi connectivity index (χ2v) is 24.9. The van der Waals surface area contributed by atoms with E-state index in [1.54, 1.807) is 23.3 Å². The molecule has 0 aliphatic rings. The average Bonchev–Trinajstić information content (AvgIpc) is 3.73. The summed E-state index contributed by atoms with van der Waals surface area (Å²) < 4.78 is 0. The van der Waals surface area contributed by atoms with Crippen molar-refractivity contribution in [3.8, 4) is 22.3 Å². The Morgan fingerprint density at radius 3 is 1.89 bits per heavy atom. The van der Waals surface area contributed by atoms with Crippen molar-refractivity contribution in [3.63, 3.8) is 0 Å². The zero-order chi connectivity index (χ0) is 36.4. The number of hydrogen-bond acceptors (Lipinski definition) is 0. The Bertz CT molecular complexity index is 2490. The maximum absolute atomic E-state index is 2.35. The van der Waals surface area contributed by atoms with Crippen molar-refractivity contribution >= 4 is 48.5 Å². The normalized spacial score (nSPS) is 11.1. The topological polar surface area (TPSA) is 0 Å². The van der Waals surface area contributed by atoms with Gasteiger partial charge in [-0.05, 0) is 49.6 Å². The summed E-state index contributed by atoms with van der Waals surface area (Å²) in [6.07, 6.45) is 0. The fourth-order valence-electron chi connectivity index (χ4n) is 7.09. The van der Waals surface area contributed by atoms with Crippen molar-refractivity contribution in [2.75, 3.05) is 0 Å². The van der Waals surface area contributed by atoms with Crippen LogP contribution < -0.4 is 24.8 Å². The van der Waals surface area contributed by atoms with E-state index < -0.39 is 0 Å². The Balaban J connectivity index is 0.000000210. The molecule has 0 bridgehead atoms. The Morgan fingerprint density at radius 1 is 0.585 bits per heavy atom. The van der Waals surface area contributed by atoms with Crippen molar-refractivity contribution in [3.05, 3.63) is 156 Å². The molecular weight excluding hydrogens is 779 g/mol. The van der Waals surface area contributed by atoms with Crippen LogP contribution in [0.15, 0.2) is 133 Å². The van der Waals surface area contributed by atoms with Gasteiger partial charge in [-0.2, -0.15) is 12.1 Å². The van der Waals surface area contributed by atoms with E-state index in [2.05, 4.69) is 195 Å². The van der Waals surface area contributed by atoms with E-state index in [-0.39, 0.29) is 35.7 Å². The van der Waals surface area contributed by atoms with Gasteiger partial charge in [0.15, 0.2) is 0 Å². The second kappa shape index (κ2) is 17.9. The molecule has 4 heteroatoms. The molecule has 0 N–H and O–H groups in total. The molecule has 0 amide bonds. The predicted molar refractivity (Wildman–Crippen MR) is 225 cm³/mol. The average molecular weight is 829 g/mol. The van der Waals surface area contributed by atoms with E-state index in [0.29, 0.717) is 5.92 Å². The van der Waals surface area contributed by atoms with Gasteiger partial charge >= 0.3 is 41.9 Å². The monoisotopic (exact) mass is 826 g/mol. The van der Waals surface area contributed by atoms with Crippen LogP contribution in [0, 0.1) is 13.8 Å². The van der Waals surface area contributed by atoms with Gasteiger partial charge in [0.05, 0.1) is 0 Å². The van der Waals surface area contributed by atoms with E-state index in [0.717, 1.165) is 0 Å². The summed E-state index contributed by atoms with van der Waals surface area (Å²) in [6.45, 7) is 20.3. The largest absolute Gasteiger partial charge is 1.00 e. The maximum Gasteiger partial charge on any atom is -0.00995 e. The molecule has 0 radical (unpaired) electrons. The van der Waals surface area contributed by atoms with Gasteiger partial charge < -0.3 is 24.8 Å². The number of aryl methyl sites for hydroxylation is 2.